The van der Waals surface area contributed by atoms with E-state index in [2.05, 4.69) is 6.92 Å². The molecule has 212 valence electrons. The Morgan fingerprint density at radius 2 is 0.750 bits per heavy atom. The van der Waals surface area contributed by atoms with Crippen LogP contribution in [0.2, 0.25) is 0 Å². The summed E-state index contributed by atoms with van der Waals surface area (Å²) in [6.45, 7) is 2.67. The monoisotopic (exact) mass is 508 g/mol. The average molecular weight is 509 g/mol. The molecule has 1 N–H and O–H groups in total. The lowest BCUT2D eigenvalue weighted by atomic mass is 10.0. The molecule has 36 heavy (non-hydrogen) atoms. The summed E-state index contributed by atoms with van der Waals surface area (Å²) in [5, 5.41) is 8.44. The van der Waals surface area contributed by atoms with Crippen molar-refractivity contribution in [3.63, 3.8) is 0 Å². The van der Waals surface area contributed by atoms with Crippen LogP contribution in [-0.2, 0) is 14.3 Å². The van der Waals surface area contributed by atoms with Gasteiger partial charge in [0, 0.05) is 12.2 Å². The summed E-state index contributed by atoms with van der Waals surface area (Å²) in [4.78, 5) is 21.5. The number of carbonyl (C=O) groups is 2. The van der Waals surface area contributed by atoms with Gasteiger partial charge in [-0.15, -0.1) is 0 Å². The minimum Gasteiger partial charge on any atom is -0.478 e. The highest BCUT2D eigenvalue weighted by molar-refractivity contribution is 5.90. The van der Waals surface area contributed by atoms with Crippen LogP contribution in [0, 0.1) is 0 Å². The van der Waals surface area contributed by atoms with Crippen molar-refractivity contribution in [1.29, 1.82) is 0 Å². The van der Waals surface area contributed by atoms with Gasteiger partial charge >= 0.3 is 11.9 Å². The quantitative estimate of drug-likeness (QED) is 0.0620. The predicted molar refractivity (Wildman–Crippen MR) is 153 cm³/mol. The molecule has 0 saturated carbocycles. The second-order valence-electron chi connectivity index (χ2n) is 10.7. The molecular weight excluding hydrogens is 448 g/mol. The lowest BCUT2D eigenvalue weighted by molar-refractivity contribution is -0.138. The zero-order valence-electron chi connectivity index (χ0n) is 23.9. The van der Waals surface area contributed by atoms with E-state index in [1.165, 1.54) is 154 Å². The summed E-state index contributed by atoms with van der Waals surface area (Å²) >= 11 is 0. The Morgan fingerprint density at radius 1 is 0.472 bits per heavy atom. The van der Waals surface area contributed by atoms with Gasteiger partial charge in [-0.3, -0.25) is 0 Å². The molecule has 0 spiro atoms. The summed E-state index contributed by atoms with van der Waals surface area (Å²) in [6, 6.07) is 0. The molecule has 0 aromatic heterocycles. The molecule has 4 heteroatoms. The van der Waals surface area contributed by atoms with Gasteiger partial charge in [0.1, 0.15) is 0 Å². The average Bonchev–Trinajstić information content (AvgIpc) is 2.87. The highest BCUT2D eigenvalue weighted by Crippen LogP contribution is 2.16. The summed E-state index contributed by atoms with van der Waals surface area (Å²) in [6.07, 6.45) is 37.4. The van der Waals surface area contributed by atoms with E-state index in [1.54, 1.807) is 0 Å². The largest absolute Gasteiger partial charge is 0.478 e. The Balaban J connectivity index is 3.10. The molecule has 0 aliphatic heterocycles. The first kappa shape index (κ1) is 34.7. The summed E-state index contributed by atoms with van der Waals surface area (Å²) < 4.78 is 4.96. The number of esters is 1. The molecule has 0 saturated heterocycles. The highest BCUT2D eigenvalue weighted by atomic mass is 16.5. The number of ether oxygens (including phenoxy) is 1. The summed E-state index contributed by atoms with van der Waals surface area (Å²) in [7, 11) is 0. The van der Waals surface area contributed by atoms with Gasteiger partial charge in [-0.1, -0.05) is 167 Å². The molecule has 0 rings (SSSR count). The van der Waals surface area contributed by atoms with Gasteiger partial charge in [0.25, 0.3) is 0 Å². The third-order valence-electron chi connectivity index (χ3n) is 7.10. The second kappa shape index (κ2) is 29.9. The molecule has 0 aromatic carbocycles. The Morgan fingerprint density at radius 3 is 1.03 bits per heavy atom. The lowest BCUT2D eigenvalue weighted by Crippen LogP contribution is -2.03. The number of hydrogen-bond acceptors (Lipinski definition) is 3. The SMILES string of the molecule is CCCCCCCCCCCCCCCCCCCCCCCCCCCCOC(=O)/C=C\C(=O)O. The van der Waals surface area contributed by atoms with E-state index >= 15 is 0 Å². The van der Waals surface area contributed by atoms with E-state index < -0.39 is 11.9 Å². The Labute approximate surface area is 224 Å². The summed E-state index contributed by atoms with van der Waals surface area (Å²) in [5.74, 6) is -1.70. The zero-order chi connectivity index (χ0) is 26.4. The molecule has 0 bridgehead atoms. The topological polar surface area (TPSA) is 63.6 Å². The first-order valence-electron chi connectivity index (χ1n) is 15.7. The zero-order valence-corrected chi connectivity index (χ0v) is 23.9. The van der Waals surface area contributed by atoms with Crippen LogP contribution in [-0.4, -0.2) is 23.7 Å². The van der Waals surface area contributed by atoms with Crippen LogP contribution in [0.1, 0.15) is 174 Å². The maximum Gasteiger partial charge on any atom is 0.331 e. The van der Waals surface area contributed by atoms with Gasteiger partial charge in [0.15, 0.2) is 0 Å². The second-order valence-corrected chi connectivity index (χ2v) is 10.7. The van der Waals surface area contributed by atoms with Crippen molar-refractivity contribution in [3.8, 4) is 0 Å². The minimum absolute atomic E-state index is 0.377. The van der Waals surface area contributed by atoms with Crippen LogP contribution in [0.3, 0.4) is 0 Å². The molecule has 0 fully saturated rings. The fourth-order valence-corrected chi connectivity index (χ4v) is 4.78. The number of aliphatic carboxylic acids is 1. The normalized spacial score (nSPS) is 11.4. The molecule has 4 nitrogen and oxygen atoms in total. The van der Waals surface area contributed by atoms with Crippen LogP contribution in [0.5, 0.6) is 0 Å². The van der Waals surface area contributed by atoms with E-state index in [0.29, 0.717) is 6.61 Å². The van der Waals surface area contributed by atoms with Crippen molar-refractivity contribution in [2.45, 2.75) is 174 Å². The van der Waals surface area contributed by atoms with Crippen LogP contribution < -0.4 is 0 Å². The first-order chi connectivity index (χ1) is 17.7. The van der Waals surface area contributed by atoms with Gasteiger partial charge in [0.05, 0.1) is 6.61 Å². The van der Waals surface area contributed by atoms with Crippen LogP contribution in [0.4, 0.5) is 0 Å². The predicted octanol–water partition coefficient (Wildman–Crippen LogP) is 10.3. The van der Waals surface area contributed by atoms with Gasteiger partial charge in [-0.05, 0) is 6.42 Å². The fraction of sp³-hybridized carbons (Fsp3) is 0.875. The molecule has 0 aromatic rings. The van der Waals surface area contributed by atoms with Gasteiger partial charge < -0.3 is 9.84 Å². The van der Waals surface area contributed by atoms with Crippen molar-refractivity contribution in [2.24, 2.45) is 0 Å². The number of rotatable bonds is 29. The third kappa shape index (κ3) is 30.7. The molecule has 0 radical (unpaired) electrons. The number of carbonyl (C=O) groups excluding carboxylic acids is 1. The fourth-order valence-electron chi connectivity index (χ4n) is 4.78. The third-order valence-corrected chi connectivity index (χ3v) is 7.10. The van der Waals surface area contributed by atoms with E-state index in [4.69, 9.17) is 9.84 Å². The van der Waals surface area contributed by atoms with Crippen molar-refractivity contribution in [1.82, 2.24) is 0 Å². The number of carboxylic acid groups (broad SMARTS) is 1. The molecule has 0 unspecified atom stereocenters. The number of unbranched alkanes of at least 4 members (excludes halogenated alkanes) is 25. The van der Waals surface area contributed by atoms with Crippen LogP contribution in [0.15, 0.2) is 12.2 Å². The van der Waals surface area contributed by atoms with Crippen molar-refractivity contribution >= 4 is 11.9 Å². The smallest absolute Gasteiger partial charge is 0.331 e. The lowest BCUT2D eigenvalue weighted by Gasteiger charge is -2.04. The molecular formula is C32H60O4. The van der Waals surface area contributed by atoms with Gasteiger partial charge in [-0.25, -0.2) is 9.59 Å². The van der Waals surface area contributed by atoms with E-state index in [-0.39, 0.29) is 0 Å². The minimum atomic E-state index is -1.13. The number of hydrogen-bond donors (Lipinski definition) is 1. The van der Waals surface area contributed by atoms with Crippen molar-refractivity contribution in [2.75, 3.05) is 6.61 Å². The van der Waals surface area contributed by atoms with Crippen molar-refractivity contribution in [3.05, 3.63) is 12.2 Å². The number of carboxylic acids is 1. The van der Waals surface area contributed by atoms with Crippen molar-refractivity contribution < 1.29 is 19.4 Å². The first-order valence-corrected chi connectivity index (χ1v) is 15.7. The Bertz CT molecular complexity index is 500. The van der Waals surface area contributed by atoms with E-state index in [1.807, 2.05) is 0 Å². The van der Waals surface area contributed by atoms with Gasteiger partial charge in [-0.2, -0.15) is 0 Å². The highest BCUT2D eigenvalue weighted by Gasteiger charge is 1.99. The molecule has 0 amide bonds. The van der Waals surface area contributed by atoms with Gasteiger partial charge in [0.2, 0.25) is 0 Å². The molecule has 0 heterocycles. The Kier molecular flexibility index (Phi) is 28.8. The standard InChI is InChI=1S/C32H60O4/c1-2-3-4-5-6-7-8-9-10-11-12-13-14-15-16-17-18-19-20-21-22-23-24-25-26-27-30-36-32(35)29-28-31(33)34/h28-29H,2-27,30H2,1H3,(H,33,34)/b29-28-. The maximum absolute atomic E-state index is 11.2. The van der Waals surface area contributed by atoms with Crippen LogP contribution in [0.25, 0.3) is 0 Å². The molecule has 0 aliphatic carbocycles. The maximum atomic E-state index is 11.2. The van der Waals surface area contributed by atoms with E-state index in [0.717, 1.165) is 25.0 Å². The van der Waals surface area contributed by atoms with E-state index in [9.17, 15) is 9.59 Å². The molecule has 0 aliphatic rings. The van der Waals surface area contributed by atoms with Crippen LogP contribution >= 0.6 is 0 Å². The molecule has 0 atom stereocenters. The Hall–Kier alpha value is -1.32. The summed E-state index contributed by atoms with van der Waals surface area (Å²) in [5.41, 5.74) is 0.